The molecule has 0 saturated carbocycles. The molecule has 1 saturated heterocycles. The lowest BCUT2D eigenvalue weighted by Crippen LogP contribution is -2.50. The number of urea groups is 1. The average molecular weight is 443 g/mol. The maximum Gasteiger partial charge on any atom is 0.335 e. The van der Waals surface area contributed by atoms with Crippen LogP contribution in [-0.2, 0) is 6.42 Å². The van der Waals surface area contributed by atoms with E-state index in [2.05, 4.69) is 42.0 Å². The topological polar surface area (TPSA) is 69.9 Å². The van der Waals surface area contributed by atoms with Gasteiger partial charge in [0, 0.05) is 38.3 Å². The fourth-order valence-electron chi connectivity index (χ4n) is 4.08. The molecule has 0 unspecified atom stereocenters. The van der Waals surface area contributed by atoms with Crippen molar-refractivity contribution in [2.24, 2.45) is 0 Å². The maximum atomic E-state index is 13.2. The summed E-state index contributed by atoms with van der Waals surface area (Å²) < 4.78 is 1.12. The largest absolute Gasteiger partial charge is 0.335 e. The Morgan fingerprint density at radius 3 is 2.42 bits per heavy atom. The fraction of sp³-hybridized carbons (Fsp3) is 0.435. The van der Waals surface area contributed by atoms with Gasteiger partial charge in [-0.3, -0.25) is 10.1 Å². The van der Waals surface area contributed by atoms with Crippen molar-refractivity contribution in [3.63, 3.8) is 0 Å². The standard InChI is InChI=1S/C23H30N4O3S/c1-2-15-25(23(28)26(31)21-10-6-7-11-22(21)27(29)30)20-13-17-24(18-14-20)16-12-19-8-4-3-5-9-19/h3-11,20,31H,2,12-18H2,1H3. The van der Waals surface area contributed by atoms with Gasteiger partial charge in [0.25, 0.3) is 5.69 Å². The Morgan fingerprint density at radius 1 is 1.13 bits per heavy atom. The summed E-state index contributed by atoms with van der Waals surface area (Å²) in [7, 11) is 0. The Kier molecular flexibility index (Phi) is 8.31. The smallest absolute Gasteiger partial charge is 0.321 e. The number of anilines is 1. The summed E-state index contributed by atoms with van der Waals surface area (Å²) in [6.07, 6.45) is 3.61. The number of amides is 2. The van der Waals surface area contributed by atoms with E-state index >= 15 is 0 Å². The summed E-state index contributed by atoms with van der Waals surface area (Å²) in [6, 6.07) is 16.5. The van der Waals surface area contributed by atoms with E-state index in [0.29, 0.717) is 6.54 Å². The second kappa shape index (κ2) is 11.2. The Hall–Kier alpha value is -2.58. The normalized spacial score (nSPS) is 14.9. The molecule has 0 aromatic heterocycles. The summed E-state index contributed by atoms with van der Waals surface area (Å²) in [6.45, 7) is 5.51. The van der Waals surface area contributed by atoms with Crippen LogP contribution in [0.2, 0.25) is 0 Å². The molecule has 0 atom stereocenters. The minimum absolute atomic E-state index is 0.109. The van der Waals surface area contributed by atoms with E-state index in [9.17, 15) is 14.9 Å². The number of piperidine rings is 1. The average Bonchev–Trinajstić information content (AvgIpc) is 2.81. The van der Waals surface area contributed by atoms with Crippen LogP contribution >= 0.6 is 12.8 Å². The molecule has 31 heavy (non-hydrogen) atoms. The third-order valence-electron chi connectivity index (χ3n) is 5.76. The highest BCUT2D eigenvalue weighted by atomic mass is 32.1. The molecule has 0 bridgehead atoms. The second-order valence-corrected chi connectivity index (χ2v) is 8.24. The molecule has 0 spiro atoms. The number of nitrogens with zero attached hydrogens (tertiary/aromatic N) is 4. The van der Waals surface area contributed by atoms with Gasteiger partial charge in [-0.2, -0.15) is 0 Å². The lowest BCUT2D eigenvalue weighted by Gasteiger charge is -2.39. The molecule has 8 heteroatoms. The number of hydrogen-bond donors (Lipinski definition) is 1. The summed E-state index contributed by atoms with van der Waals surface area (Å²) in [5, 5.41) is 11.4. The fourth-order valence-corrected chi connectivity index (χ4v) is 4.37. The van der Waals surface area contributed by atoms with Gasteiger partial charge in [-0.15, -0.1) is 0 Å². The van der Waals surface area contributed by atoms with Gasteiger partial charge in [-0.05, 0) is 37.3 Å². The highest BCUT2D eigenvalue weighted by Crippen LogP contribution is 2.31. The number of carbonyl (C=O) groups excluding carboxylic acids is 1. The molecule has 2 amide bonds. The van der Waals surface area contributed by atoms with E-state index in [-0.39, 0.29) is 23.4 Å². The lowest BCUT2D eigenvalue weighted by atomic mass is 10.0. The van der Waals surface area contributed by atoms with Crippen molar-refractivity contribution in [2.75, 3.05) is 30.5 Å². The third kappa shape index (κ3) is 5.98. The molecule has 0 aliphatic carbocycles. The van der Waals surface area contributed by atoms with Crippen LogP contribution in [0.4, 0.5) is 16.2 Å². The highest BCUT2D eigenvalue weighted by Gasteiger charge is 2.32. The van der Waals surface area contributed by atoms with Crippen LogP contribution in [0.15, 0.2) is 54.6 Å². The first-order valence-corrected chi connectivity index (χ1v) is 11.2. The van der Waals surface area contributed by atoms with E-state index in [4.69, 9.17) is 0 Å². The molecular weight excluding hydrogens is 412 g/mol. The number of nitro benzene ring substituents is 1. The molecule has 1 fully saturated rings. The number of benzene rings is 2. The zero-order valence-electron chi connectivity index (χ0n) is 17.9. The number of nitro groups is 1. The van der Waals surface area contributed by atoms with E-state index in [1.165, 1.54) is 11.6 Å². The molecule has 2 aromatic carbocycles. The molecule has 166 valence electrons. The van der Waals surface area contributed by atoms with Crippen LogP contribution < -0.4 is 4.31 Å². The van der Waals surface area contributed by atoms with E-state index < -0.39 is 4.92 Å². The SMILES string of the molecule is CCCN(C(=O)N(S)c1ccccc1[N+](=O)[O-])C1CCN(CCc2ccccc2)CC1. The zero-order chi connectivity index (χ0) is 22.2. The van der Waals surface area contributed by atoms with Crippen molar-refractivity contribution < 1.29 is 9.72 Å². The number of para-hydroxylation sites is 2. The molecule has 3 rings (SSSR count). The lowest BCUT2D eigenvalue weighted by molar-refractivity contribution is -0.384. The number of carbonyl (C=O) groups is 1. The molecule has 7 nitrogen and oxygen atoms in total. The van der Waals surface area contributed by atoms with Crippen molar-refractivity contribution in [3.8, 4) is 0 Å². The van der Waals surface area contributed by atoms with E-state index in [1.54, 1.807) is 18.2 Å². The maximum absolute atomic E-state index is 13.2. The number of rotatable bonds is 8. The number of hydrogen-bond acceptors (Lipinski definition) is 5. The predicted molar refractivity (Wildman–Crippen MR) is 127 cm³/mol. The van der Waals surface area contributed by atoms with Gasteiger partial charge in [-0.1, -0.05) is 62.2 Å². The Balaban J connectivity index is 1.62. The van der Waals surface area contributed by atoms with Crippen molar-refractivity contribution in [1.82, 2.24) is 9.80 Å². The van der Waals surface area contributed by atoms with Crippen molar-refractivity contribution in [3.05, 3.63) is 70.3 Å². The van der Waals surface area contributed by atoms with Crippen LogP contribution in [0, 0.1) is 10.1 Å². The van der Waals surface area contributed by atoms with Crippen LogP contribution in [-0.4, -0.2) is 53.0 Å². The van der Waals surface area contributed by atoms with Crippen LogP contribution in [0.1, 0.15) is 31.7 Å². The van der Waals surface area contributed by atoms with Gasteiger partial charge in [0.15, 0.2) is 0 Å². The van der Waals surface area contributed by atoms with Gasteiger partial charge in [0.1, 0.15) is 5.69 Å². The molecule has 1 aliphatic rings. The molecule has 1 aliphatic heterocycles. The first kappa shape index (κ1) is 23.1. The van der Waals surface area contributed by atoms with Gasteiger partial charge in [-0.25, -0.2) is 9.10 Å². The number of thiol groups is 1. The molecular formula is C23H30N4O3S. The Bertz CT molecular complexity index is 872. The quantitative estimate of drug-likeness (QED) is 0.363. The van der Waals surface area contributed by atoms with Crippen LogP contribution in [0.25, 0.3) is 0 Å². The Morgan fingerprint density at radius 2 is 1.77 bits per heavy atom. The van der Waals surface area contributed by atoms with Gasteiger partial charge >= 0.3 is 6.03 Å². The van der Waals surface area contributed by atoms with Gasteiger partial charge in [0.05, 0.1) is 4.92 Å². The first-order valence-electron chi connectivity index (χ1n) is 10.8. The summed E-state index contributed by atoms with van der Waals surface area (Å²) >= 11 is 4.35. The zero-order valence-corrected chi connectivity index (χ0v) is 18.8. The minimum atomic E-state index is -0.485. The monoisotopic (exact) mass is 442 g/mol. The van der Waals surface area contributed by atoms with Crippen molar-refractivity contribution in [1.29, 1.82) is 0 Å². The van der Waals surface area contributed by atoms with Gasteiger partial charge in [0.2, 0.25) is 0 Å². The summed E-state index contributed by atoms with van der Waals surface area (Å²) in [4.78, 5) is 28.4. The first-order chi connectivity index (χ1) is 15.0. The molecule has 0 N–H and O–H groups in total. The molecule has 0 radical (unpaired) electrons. The number of likely N-dealkylation sites (tertiary alicyclic amines) is 1. The van der Waals surface area contributed by atoms with Crippen LogP contribution in [0.5, 0.6) is 0 Å². The van der Waals surface area contributed by atoms with Crippen LogP contribution in [0.3, 0.4) is 0 Å². The highest BCUT2D eigenvalue weighted by molar-refractivity contribution is 7.82. The summed E-state index contributed by atoms with van der Waals surface area (Å²) in [5.41, 5.74) is 1.41. The summed E-state index contributed by atoms with van der Waals surface area (Å²) in [5.74, 6) is 0. The predicted octanol–water partition coefficient (Wildman–Crippen LogP) is 4.79. The Labute approximate surface area is 189 Å². The molecule has 2 aromatic rings. The van der Waals surface area contributed by atoms with E-state index in [0.717, 1.165) is 49.6 Å². The van der Waals surface area contributed by atoms with E-state index in [1.807, 2.05) is 17.9 Å². The van der Waals surface area contributed by atoms with Gasteiger partial charge < -0.3 is 9.80 Å². The second-order valence-electron chi connectivity index (χ2n) is 7.84. The van der Waals surface area contributed by atoms with Crippen molar-refractivity contribution >= 4 is 30.2 Å². The minimum Gasteiger partial charge on any atom is -0.321 e. The third-order valence-corrected chi connectivity index (χ3v) is 6.14. The molecule has 1 heterocycles. The van der Waals surface area contributed by atoms with Crippen molar-refractivity contribution in [2.45, 2.75) is 38.6 Å².